The highest BCUT2D eigenvalue weighted by Gasteiger charge is 2.29. The maximum Gasteiger partial charge on any atom is 0.264 e. The molecule has 0 saturated carbocycles. The molecule has 1 aliphatic heterocycles. The summed E-state index contributed by atoms with van der Waals surface area (Å²) < 4.78 is 33.8. The van der Waals surface area contributed by atoms with Crippen molar-refractivity contribution in [1.29, 1.82) is 0 Å². The van der Waals surface area contributed by atoms with Crippen LogP contribution in [0.3, 0.4) is 0 Å². The number of amides is 1. The summed E-state index contributed by atoms with van der Waals surface area (Å²) in [5.41, 5.74) is 3.39. The van der Waals surface area contributed by atoms with Crippen molar-refractivity contribution in [3.05, 3.63) is 83.9 Å². The average Bonchev–Trinajstić information content (AvgIpc) is 3.43. The highest BCUT2D eigenvalue weighted by molar-refractivity contribution is 7.92. The Balaban J connectivity index is 1.55. The Morgan fingerprint density at radius 2 is 1.64 bits per heavy atom. The van der Waals surface area contributed by atoms with Crippen LogP contribution in [0, 0.1) is 6.92 Å². The minimum absolute atomic E-state index is 0.109. The van der Waals surface area contributed by atoms with Crippen LogP contribution in [0.1, 0.15) is 36.9 Å². The van der Waals surface area contributed by atoms with E-state index in [1.54, 1.807) is 48.5 Å². The number of hydrogen-bond donors (Lipinski definition) is 1. The molecule has 8 heteroatoms. The molecular weight excluding hydrogens is 474 g/mol. The van der Waals surface area contributed by atoms with Crippen molar-refractivity contribution < 1.29 is 17.9 Å². The fraction of sp³-hybridized carbons (Fsp3) is 0.321. The zero-order chi connectivity index (χ0) is 25.7. The topological polar surface area (TPSA) is 79.0 Å². The Bertz CT molecular complexity index is 1290. The number of anilines is 2. The monoisotopic (exact) mass is 507 g/mol. The van der Waals surface area contributed by atoms with Crippen LogP contribution in [0.15, 0.2) is 77.7 Å². The fourth-order valence-corrected chi connectivity index (χ4v) is 5.85. The average molecular weight is 508 g/mol. The van der Waals surface area contributed by atoms with Gasteiger partial charge in [-0.1, -0.05) is 42.0 Å². The van der Waals surface area contributed by atoms with Gasteiger partial charge in [-0.15, -0.1) is 0 Å². The van der Waals surface area contributed by atoms with Crippen LogP contribution in [0.5, 0.6) is 5.75 Å². The molecule has 1 atom stereocenters. The molecule has 190 valence electrons. The van der Waals surface area contributed by atoms with E-state index < -0.39 is 15.9 Å². The molecule has 1 aliphatic rings. The van der Waals surface area contributed by atoms with Gasteiger partial charge in [0.05, 0.1) is 23.7 Å². The lowest BCUT2D eigenvalue weighted by molar-refractivity contribution is -0.120. The summed E-state index contributed by atoms with van der Waals surface area (Å²) in [6, 6.07) is 21.3. The van der Waals surface area contributed by atoms with Gasteiger partial charge in [-0.05, 0) is 68.7 Å². The molecule has 0 spiro atoms. The number of carbonyl (C=O) groups excluding carboxylic acids is 1. The van der Waals surface area contributed by atoms with Gasteiger partial charge in [0.25, 0.3) is 10.0 Å². The predicted molar refractivity (Wildman–Crippen MR) is 143 cm³/mol. The number of aryl methyl sites for hydroxylation is 1. The van der Waals surface area contributed by atoms with E-state index in [-0.39, 0.29) is 17.5 Å². The summed E-state index contributed by atoms with van der Waals surface area (Å²) in [5.74, 6) is -0.0424. The van der Waals surface area contributed by atoms with Crippen LogP contribution in [0.2, 0.25) is 0 Å². The second-order valence-corrected chi connectivity index (χ2v) is 10.9. The fourth-order valence-electron chi connectivity index (χ4n) is 4.42. The Hall–Kier alpha value is -3.52. The summed E-state index contributed by atoms with van der Waals surface area (Å²) in [7, 11) is -2.55. The van der Waals surface area contributed by atoms with E-state index in [1.165, 1.54) is 25.6 Å². The van der Waals surface area contributed by atoms with Crippen LogP contribution < -0.4 is 19.3 Å². The Morgan fingerprint density at radius 1 is 1.00 bits per heavy atom. The Kier molecular flexibility index (Phi) is 7.84. The third kappa shape index (κ3) is 5.65. The molecule has 3 aromatic rings. The first-order valence-corrected chi connectivity index (χ1v) is 13.6. The summed E-state index contributed by atoms with van der Waals surface area (Å²) in [6.07, 6.45) is 2.42. The van der Waals surface area contributed by atoms with Crippen LogP contribution in [-0.2, 0) is 14.8 Å². The van der Waals surface area contributed by atoms with Crippen molar-refractivity contribution in [2.24, 2.45) is 0 Å². The van der Waals surface area contributed by atoms with Gasteiger partial charge in [-0.3, -0.25) is 9.10 Å². The number of carbonyl (C=O) groups is 1. The molecule has 0 aliphatic carbocycles. The van der Waals surface area contributed by atoms with Gasteiger partial charge in [-0.2, -0.15) is 0 Å². The molecule has 1 fully saturated rings. The van der Waals surface area contributed by atoms with E-state index in [4.69, 9.17) is 4.74 Å². The molecule has 36 heavy (non-hydrogen) atoms. The number of hydrogen-bond acceptors (Lipinski definition) is 5. The second-order valence-electron chi connectivity index (χ2n) is 9.07. The smallest absolute Gasteiger partial charge is 0.264 e. The number of para-hydroxylation sites is 2. The van der Waals surface area contributed by atoms with E-state index in [2.05, 4.69) is 22.3 Å². The zero-order valence-corrected chi connectivity index (χ0v) is 21.8. The van der Waals surface area contributed by atoms with Crippen LogP contribution in [-0.4, -0.2) is 41.1 Å². The number of nitrogens with one attached hydrogen (secondary N) is 1. The largest absolute Gasteiger partial charge is 0.495 e. The normalized spacial score (nSPS) is 14.4. The van der Waals surface area contributed by atoms with E-state index >= 15 is 0 Å². The van der Waals surface area contributed by atoms with E-state index in [0.717, 1.165) is 28.5 Å². The third-order valence-corrected chi connectivity index (χ3v) is 8.27. The highest BCUT2D eigenvalue weighted by Crippen LogP contribution is 2.32. The third-order valence-electron chi connectivity index (χ3n) is 6.49. The molecular formula is C28H33N3O4S. The molecule has 7 nitrogen and oxygen atoms in total. The van der Waals surface area contributed by atoms with Crippen LogP contribution in [0.25, 0.3) is 0 Å². The minimum Gasteiger partial charge on any atom is -0.495 e. The molecule has 1 amide bonds. The van der Waals surface area contributed by atoms with E-state index in [1.807, 2.05) is 26.0 Å². The first-order valence-electron chi connectivity index (χ1n) is 12.2. The zero-order valence-electron chi connectivity index (χ0n) is 21.0. The summed E-state index contributed by atoms with van der Waals surface area (Å²) in [6.45, 7) is 5.54. The van der Waals surface area contributed by atoms with Crippen LogP contribution >= 0.6 is 0 Å². The standard InChI is InChI=1S/C28H33N3O4S/c1-21-10-16-25(17-11-21)36(33,34)31(26-8-4-5-9-27(26)35-3)20-28(32)29-22(2)23-12-14-24(15-13-23)30-18-6-7-19-30/h4-5,8-17,22H,6-7,18-20H2,1-3H3,(H,29,32). The first kappa shape index (κ1) is 25.6. The number of methoxy groups -OCH3 is 1. The molecule has 1 N–H and O–H groups in total. The van der Waals surface area contributed by atoms with Gasteiger partial charge in [0.1, 0.15) is 12.3 Å². The molecule has 0 bridgehead atoms. The van der Waals surface area contributed by atoms with Crippen molar-refractivity contribution in [3.8, 4) is 5.75 Å². The maximum atomic E-state index is 13.7. The molecule has 1 unspecified atom stereocenters. The number of rotatable bonds is 9. The quantitative estimate of drug-likeness (QED) is 0.455. The lowest BCUT2D eigenvalue weighted by Gasteiger charge is -2.26. The van der Waals surface area contributed by atoms with Gasteiger partial charge in [0.15, 0.2) is 0 Å². The van der Waals surface area contributed by atoms with E-state index in [0.29, 0.717) is 11.4 Å². The van der Waals surface area contributed by atoms with Crippen molar-refractivity contribution in [1.82, 2.24) is 5.32 Å². The molecule has 1 saturated heterocycles. The Morgan fingerprint density at radius 3 is 2.28 bits per heavy atom. The molecule has 1 heterocycles. The SMILES string of the molecule is COc1ccccc1N(CC(=O)NC(C)c1ccc(N2CCCC2)cc1)S(=O)(=O)c1ccc(C)cc1. The van der Waals surface area contributed by atoms with E-state index in [9.17, 15) is 13.2 Å². The second kappa shape index (κ2) is 11.0. The molecule has 0 aromatic heterocycles. The van der Waals surface area contributed by atoms with Crippen molar-refractivity contribution in [2.75, 3.05) is 35.9 Å². The summed E-state index contributed by atoms with van der Waals surface area (Å²) >= 11 is 0. The number of benzene rings is 3. The summed E-state index contributed by atoms with van der Waals surface area (Å²) in [4.78, 5) is 15.6. The van der Waals surface area contributed by atoms with Crippen LogP contribution in [0.4, 0.5) is 11.4 Å². The van der Waals surface area contributed by atoms with Gasteiger partial charge < -0.3 is 15.0 Å². The minimum atomic E-state index is -4.03. The number of ether oxygens (including phenoxy) is 1. The predicted octanol–water partition coefficient (Wildman–Crippen LogP) is 4.68. The van der Waals surface area contributed by atoms with Gasteiger partial charge in [0.2, 0.25) is 5.91 Å². The van der Waals surface area contributed by atoms with Gasteiger partial charge in [-0.25, -0.2) is 8.42 Å². The van der Waals surface area contributed by atoms with Crippen molar-refractivity contribution in [2.45, 2.75) is 37.6 Å². The maximum absolute atomic E-state index is 13.7. The van der Waals surface area contributed by atoms with Gasteiger partial charge in [0, 0.05) is 18.8 Å². The first-order chi connectivity index (χ1) is 17.3. The molecule has 4 rings (SSSR count). The molecule has 3 aromatic carbocycles. The molecule has 0 radical (unpaired) electrons. The highest BCUT2D eigenvalue weighted by atomic mass is 32.2. The van der Waals surface area contributed by atoms with Gasteiger partial charge >= 0.3 is 0 Å². The number of nitrogens with zero attached hydrogens (tertiary/aromatic N) is 2. The lowest BCUT2D eigenvalue weighted by atomic mass is 10.1. The lowest BCUT2D eigenvalue weighted by Crippen LogP contribution is -2.41. The van der Waals surface area contributed by atoms with Crippen molar-refractivity contribution in [3.63, 3.8) is 0 Å². The van der Waals surface area contributed by atoms with Crippen molar-refractivity contribution >= 4 is 27.3 Å². The number of sulfonamides is 1. The summed E-state index contributed by atoms with van der Waals surface area (Å²) in [5, 5.41) is 2.96. The Labute approximate surface area is 213 Å².